The summed E-state index contributed by atoms with van der Waals surface area (Å²) in [6, 6.07) is 4.82. The summed E-state index contributed by atoms with van der Waals surface area (Å²) in [4.78, 5) is 26.2. The fourth-order valence-corrected chi connectivity index (χ4v) is 1.87. The molecule has 0 fully saturated rings. The Labute approximate surface area is 113 Å². The first-order chi connectivity index (χ1) is 9.04. The van der Waals surface area contributed by atoms with Crippen molar-refractivity contribution in [3.05, 3.63) is 51.8 Å². The molecule has 0 aliphatic heterocycles. The van der Waals surface area contributed by atoms with Crippen LogP contribution in [0.25, 0.3) is 10.9 Å². The molecule has 98 valence electrons. The van der Waals surface area contributed by atoms with Crippen molar-refractivity contribution in [1.29, 1.82) is 0 Å². The highest BCUT2D eigenvalue weighted by Crippen LogP contribution is 2.24. The molecule has 2 aromatic rings. The number of halogens is 1. The van der Waals surface area contributed by atoms with E-state index in [1.807, 2.05) is 0 Å². The van der Waals surface area contributed by atoms with Gasteiger partial charge in [0.05, 0.1) is 11.2 Å². The number of benzene rings is 1. The quantitative estimate of drug-likeness (QED) is 0.665. The number of nitrogens with two attached hydrogens (primary N) is 1. The summed E-state index contributed by atoms with van der Waals surface area (Å²) in [5.74, 6) is -0.791. The Morgan fingerprint density at radius 2 is 2.26 bits per heavy atom. The summed E-state index contributed by atoms with van der Waals surface area (Å²) in [5.41, 5.74) is 5.59. The number of nitrogen functional groups attached to an aromatic ring is 1. The van der Waals surface area contributed by atoms with Crippen LogP contribution in [0.5, 0.6) is 0 Å². The lowest BCUT2D eigenvalue weighted by atomic mass is 10.1. The fraction of sp³-hybridized carbons (Fsp3) is 0.0769. The van der Waals surface area contributed by atoms with Gasteiger partial charge >= 0.3 is 5.97 Å². The van der Waals surface area contributed by atoms with Gasteiger partial charge < -0.3 is 15.5 Å². The number of rotatable bonds is 3. The number of hydrogen-bond acceptors (Lipinski definition) is 4. The number of ether oxygens (including phenoxy) is 1. The zero-order valence-electron chi connectivity index (χ0n) is 9.90. The maximum Gasteiger partial charge on any atom is 0.346 e. The van der Waals surface area contributed by atoms with E-state index < -0.39 is 11.5 Å². The third-order valence-corrected chi connectivity index (χ3v) is 2.79. The summed E-state index contributed by atoms with van der Waals surface area (Å²) in [6.07, 6.45) is 1.40. The number of fused-ring (bicyclic) bond motifs is 1. The molecule has 0 amide bonds. The van der Waals surface area contributed by atoms with E-state index in [1.54, 1.807) is 18.2 Å². The molecule has 3 N–H and O–H groups in total. The summed E-state index contributed by atoms with van der Waals surface area (Å²) < 4.78 is 4.83. The van der Waals surface area contributed by atoms with E-state index in [9.17, 15) is 9.59 Å². The topological polar surface area (TPSA) is 85.2 Å². The van der Waals surface area contributed by atoms with Gasteiger partial charge in [0.25, 0.3) is 5.56 Å². The molecule has 5 nitrogen and oxygen atoms in total. The highest BCUT2D eigenvalue weighted by molar-refractivity contribution is 6.31. The average molecular weight is 279 g/mol. The predicted molar refractivity (Wildman–Crippen MR) is 74.5 cm³/mol. The molecule has 2 rings (SSSR count). The zero-order valence-corrected chi connectivity index (χ0v) is 10.7. The maximum atomic E-state index is 11.8. The number of pyridine rings is 1. The molecule has 6 heteroatoms. The van der Waals surface area contributed by atoms with Crippen LogP contribution in [0.15, 0.2) is 35.6 Å². The van der Waals surface area contributed by atoms with E-state index in [0.29, 0.717) is 15.9 Å². The second kappa shape index (κ2) is 5.16. The van der Waals surface area contributed by atoms with E-state index in [-0.39, 0.29) is 17.9 Å². The molecule has 0 saturated carbocycles. The minimum atomic E-state index is -0.791. The van der Waals surface area contributed by atoms with E-state index in [4.69, 9.17) is 22.1 Å². The van der Waals surface area contributed by atoms with Crippen LogP contribution in [0.2, 0.25) is 5.02 Å². The van der Waals surface area contributed by atoms with Crippen LogP contribution >= 0.6 is 11.6 Å². The van der Waals surface area contributed by atoms with Crippen molar-refractivity contribution in [3.63, 3.8) is 0 Å². The number of hydrogen-bond donors (Lipinski definition) is 2. The fourth-order valence-electron chi connectivity index (χ4n) is 1.70. The van der Waals surface area contributed by atoms with Crippen LogP contribution in [-0.2, 0) is 4.74 Å². The summed E-state index contributed by atoms with van der Waals surface area (Å²) in [5, 5.41) is 0.953. The standard InChI is InChI=1S/C13H11ClN2O3/c1-2-5-19-13(18)10-11(15)8-6-7(14)3-4-9(8)16-12(10)17/h2-4,6H,1,5H2,(H3,15,16,17). The number of carbonyl (C=O) groups is 1. The van der Waals surface area contributed by atoms with Crippen LogP contribution in [0, 0.1) is 0 Å². The van der Waals surface area contributed by atoms with Gasteiger partial charge in [0, 0.05) is 10.4 Å². The van der Waals surface area contributed by atoms with E-state index in [0.717, 1.165) is 0 Å². The average Bonchev–Trinajstić information content (AvgIpc) is 2.37. The Morgan fingerprint density at radius 3 is 2.95 bits per heavy atom. The van der Waals surface area contributed by atoms with Gasteiger partial charge in [-0.15, -0.1) is 0 Å². The van der Waals surface area contributed by atoms with Gasteiger partial charge in [-0.25, -0.2) is 4.79 Å². The molecule has 0 atom stereocenters. The zero-order chi connectivity index (χ0) is 14.0. The lowest BCUT2D eigenvalue weighted by Gasteiger charge is -2.08. The molecule has 0 aliphatic carbocycles. The molecule has 0 aliphatic rings. The van der Waals surface area contributed by atoms with Crippen molar-refractivity contribution in [2.24, 2.45) is 0 Å². The second-order valence-corrected chi connectivity index (χ2v) is 4.26. The highest BCUT2D eigenvalue weighted by Gasteiger charge is 2.18. The number of H-pyrrole nitrogens is 1. The molecule has 1 aromatic carbocycles. The Bertz CT molecular complexity index is 722. The second-order valence-electron chi connectivity index (χ2n) is 3.82. The molecule has 1 heterocycles. The summed E-state index contributed by atoms with van der Waals surface area (Å²) >= 11 is 5.87. The van der Waals surface area contributed by atoms with Crippen LogP contribution in [0.1, 0.15) is 10.4 Å². The van der Waals surface area contributed by atoms with Crippen molar-refractivity contribution in [2.45, 2.75) is 0 Å². The minimum absolute atomic E-state index is 0.00525. The van der Waals surface area contributed by atoms with Crippen LogP contribution in [0.3, 0.4) is 0 Å². The Morgan fingerprint density at radius 1 is 1.53 bits per heavy atom. The molecule has 19 heavy (non-hydrogen) atoms. The smallest absolute Gasteiger partial charge is 0.346 e. The molecule has 0 spiro atoms. The summed E-state index contributed by atoms with van der Waals surface area (Å²) in [6.45, 7) is 3.43. The first-order valence-electron chi connectivity index (χ1n) is 5.43. The molecule has 1 aromatic heterocycles. The third kappa shape index (κ3) is 2.46. The van der Waals surface area contributed by atoms with Gasteiger partial charge in [-0.2, -0.15) is 0 Å². The lowest BCUT2D eigenvalue weighted by molar-refractivity contribution is 0.0549. The number of aromatic amines is 1. The Hall–Kier alpha value is -2.27. The predicted octanol–water partition coefficient (Wildman–Crippen LogP) is 2.11. The van der Waals surface area contributed by atoms with Gasteiger partial charge in [-0.05, 0) is 18.2 Å². The molecule has 0 saturated heterocycles. The van der Waals surface area contributed by atoms with Crippen molar-refractivity contribution >= 4 is 34.2 Å². The van der Waals surface area contributed by atoms with E-state index in [1.165, 1.54) is 6.08 Å². The first-order valence-corrected chi connectivity index (χ1v) is 5.81. The van der Waals surface area contributed by atoms with Gasteiger partial charge in [0.1, 0.15) is 12.2 Å². The van der Waals surface area contributed by atoms with Gasteiger partial charge in [-0.1, -0.05) is 24.3 Å². The van der Waals surface area contributed by atoms with Crippen molar-refractivity contribution < 1.29 is 9.53 Å². The number of nitrogens with one attached hydrogen (secondary N) is 1. The monoisotopic (exact) mass is 278 g/mol. The first kappa shape index (κ1) is 13.2. The third-order valence-electron chi connectivity index (χ3n) is 2.55. The normalized spacial score (nSPS) is 10.4. The number of aromatic nitrogens is 1. The van der Waals surface area contributed by atoms with Crippen LogP contribution in [-0.4, -0.2) is 17.6 Å². The van der Waals surface area contributed by atoms with Gasteiger partial charge in [-0.3, -0.25) is 4.79 Å². The summed E-state index contributed by atoms with van der Waals surface area (Å²) in [7, 11) is 0. The SMILES string of the molecule is C=CCOC(=O)c1c(N)c2cc(Cl)ccc2[nH]c1=O. The Kier molecular flexibility index (Phi) is 3.57. The highest BCUT2D eigenvalue weighted by atomic mass is 35.5. The number of esters is 1. The van der Waals surface area contributed by atoms with E-state index >= 15 is 0 Å². The van der Waals surface area contributed by atoms with Gasteiger partial charge in [0.2, 0.25) is 0 Å². The molecule has 0 radical (unpaired) electrons. The van der Waals surface area contributed by atoms with Crippen molar-refractivity contribution in [1.82, 2.24) is 4.98 Å². The van der Waals surface area contributed by atoms with Crippen molar-refractivity contribution in [3.8, 4) is 0 Å². The number of anilines is 1. The van der Waals surface area contributed by atoms with Crippen LogP contribution in [0.4, 0.5) is 5.69 Å². The van der Waals surface area contributed by atoms with E-state index in [2.05, 4.69) is 11.6 Å². The van der Waals surface area contributed by atoms with Crippen LogP contribution < -0.4 is 11.3 Å². The molecular weight excluding hydrogens is 268 g/mol. The van der Waals surface area contributed by atoms with Gasteiger partial charge in [0.15, 0.2) is 0 Å². The molecule has 0 unspecified atom stereocenters. The lowest BCUT2D eigenvalue weighted by Crippen LogP contribution is -2.22. The largest absolute Gasteiger partial charge is 0.458 e. The maximum absolute atomic E-state index is 11.8. The minimum Gasteiger partial charge on any atom is -0.458 e. The Balaban J connectivity index is 2.64. The van der Waals surface area contributed by atoms with Crippen molar-refractivity contribution in [2.75, 3.05) is 12.3 Å². The number of carbonyl (C=O) groups excluding carboxylic acids is 1. The molecule has 0 bridgehead atoms. The molecular formula is C13H11ClN2O3.